The van der Waals surface area contributed by atoms with Crippen LogP contribution in [0, 0.1) is 0 Å². The van der Waals surface area contributed by atoms with Crippen molar-refractivity contribution in [1.82, 2.24) is 39.7 Å². The fourth-order valence-corrected chi connectivity index (χ4v) is 4.39. The maximum Gasteiger partial charge on any atom is 0.147 e. The van der Waals surface area contributed by atoms with Gasteiger partial charge in [-0.1, -0.05) is 17.7 Å². The van der Waals surface area contributed by atoms with E-state index < -0.39 is 0 Å². The standard InChI is InChI=1S/C19H23ClN8/c20-16-2-1-15(17(9-16)28-13-22-12-23-28)11-26-6-3-14(4-7-26)19-25-24-18-10-21-5-8-27(18)19/h1-2,9,12-14,21H,3-8,10-11H2. The summed E-state index contributed by atoms with van der Waals surface area (Å²) in [7, 11) is 0. The second-order valence-corrected chi connectivity index (χ2v) is 7.90. The topological polar surface area (TPSA) is 76.7 Å². The molecular weight excluding hydrogens is 376 g/mol. The Kier molecular flexibility index (Phi) is 4.84. The van der Waals surface area contributed by atoms with Crippen molar-refractivity contribution in [3.05, 3.63) is 53.1 Å². The minimum Gasteiger partial charge on any atom is -0.312 e. The number of halogens is 1. The van der Waals surface area contributed by atoms with Crippen LogP contribution in [0.3, 0.4) is 0 Å². The zero-order chi connectivity index (χ0) is 18.9. The number of benzene rings is 1. The third-order valence-electron chi connectivity index (χ3n) is 5.71. The Balaban J connectivity index is 1.28. The van der Waals surface area contributed by atoms with Gasteiger partial charge in [0.1, 0.15) is 24.3 Å². The van der Waals surface area contributed by atoms with Gasteiger partial charge in [-0.25, -0.2) is 9.67 Å². The number of hydrogen-bond donors (Lipinski definition) is 1. The molecule has 146 valence electrons. The molecule has 1 fully saturated rings. The molecule has 1 aromatic carbocycles. The van der Waals surface area contributed by atoms with Crippen LogP contribution in [0.5, 0.6) is 0 Å². The van der Waals surface area contributed by atoms with Crippen LogP contribution in [0.2, 0.25) is 5.02 Å². The molecule has 1 saturated heterocycles. The van der Waals surface area contributed by atoms with Gasteiger partial charge in [-0.3, -0.25) is 4.90 Å². The lowest BCUT2D eigenvalue weighted by Gasteiger charge is -2.32. The molecule has 5 rings (SSSR count). The summed E-state index contributed by atoms with van der Waals surface area (Å²) >= 11 is 6.22. The van der Waals surface area contributed by atoms with E-state index in [0.717, 1.165) is 63.6 Å². The van der Waals surface area contributed by atoms with Gasteiger partial charge in [0.2, 0.25) is 0 Å². The number of rotatable bonds is 4. The molecule has 4 heterocycles. The van der Waals surface area contributed by atoms with Crippen LogP contribution in [0.4, 0.5) is 0 Å². The van der Waals surface area contributed by atoms with Crippen LogP contribution in [0.1, 0.15) is 36.0 Å². The molecule has 3 aromatic rings. The molecule has 1 N–H and O–H groups in total. The van der Waals surface area contributed by atoms with Gasteiger partial charge in [-0.15, -0.1) is 10.2 Å². The van der Waals surface area contributed by atoms with Crippen molar-refractivity contribution in [3.8, 4) is 5.69 Å². The number of likely N-dealkylation sites (tertiary alicyclic amines) is 1. The summed E-state index contributed by atoms with van der Waals surface area (Å²) in [6, 6.07) is 5.99. The Morgan fingerprint density at radius 3 is 2.86 bits per heavy atom. The Bertz CT molecular complexity index is 943. The minimum atomic E-state index is 0.496. The average molecular weight is 399 g/mol. The highest BCUT2D eigenvalue weighted by atomic mass is 35.5. The first-order chi connectivity index (χ1) is 13.8. The summed E-state index contributed by atoms with van der Waals surface area (Å²) in [4.78, 5) is 6.56. The van der Waals surface area contributed by atoms with Crippen LogP contribution in [0.15, 0.2) is 30.9 Å². The Morgan fingerprint density at radius 2 is 2.04 bits per heavy atom. The van der Waals surface area contributed by atoms with Crippen molar-refractivity contribution < 1.29 is 0 Å². The number of nitrogens with one attached hydrogen (secondary N) is 1. The van der Waals surface area contributed by atoms with Crippen molar-refractivity contribution in [1.29, 1.82) is 0 Å². The smallest absolute Gasteiger partial charge is 0.147 e. The van der Waals surface area contributed by atoms with Crippen LogP contribution < -0.4 is 5.32 Å². The molecule has 9 heteroatoms. The number of piperidine rings is 1. The van der Waals surface area contributed by atoms with Crippen LogP contribution >= 0.6 is 11.6 Å². The molecular formula is C19H23ClN8. The van der Waals surface area contributed by atoms with E-state index >= 15 is 0 Å². The lowest BCUT2D eigenvalue weighted by atomic mass is 9.95. The first kappa shape index (κ1) is 17.8. The molecule has 0 atom stereocenters. The number of fused-ring (bicyclic) bond motifs is 1. The molecule has 0 aliphatic carbocycles. The summed E-state index contributed by atoms with van der Waals surface area (Å²) in [5.74, 6) is 2.74. The van der Waals surface area contributed by atoms with Crippen molar-refractivity contribution in [2.24, 2.45) is 0 Å². The molecule has 0 radical (unpaired) electrons. The Morgan fingerprint density at radius 1 is 1.14 bits per heavy atom. The van der Waals surface area contributed by atoms with E-state index in [1.165, 1.54) is 11.4 Å². The lowest BCUT2D eigenvalue weighted by molar-refractivity contribution is 0.199. The van der Waals surface area contributed by atoms with Gasteiger partial charge in [0.15, 0.2) is 0 Å². The normalized spacial score (nSPS) is 18.3. The SMILES string of the molecule is Clc1ccc(CN2CCC(c3nnc4n3CCNC4)CC2)c(-n2cncn2)c1. The van der Waals surface area contributed by atoms with E-state index in [0.29, 0.717) is 10.9 Å². The van der Waals surface area contributed by atoms with E-state index in [2.05, 4.69) is 41.1 Å². The Labute approximate surface area is 168 Å². The third-order valence-corrected chi connectivity index (χ3v) is 5.95. The Hall–Kier alpha value is -2.29. The van der Waals surface area contributed by atoms with Crippen LogP contribution in [-0.2, 0) is 19.6 Å². The second-order valence-electron chi connectivity index (χ2n) is 7.47. The quantitative estimate of drug-likeness (QED) is 0.724. The molecule has 2 aromatic heterocycles. The van der Waals surface area contributed by atoms with Crippen LogP contribution in [0.25, 0.3) is 5.69 Å². The maximum atomic E-state index is 6.22. The average Bonchev–Trinajstić information content (AvgIpc) is 3.40. The van der Waals surface area contributed by atoms with Gasteiger partial charge in [-0.05, 0) is 43.6 Å². The summed E-state index contributed by atoms with van der Waals surface area (Å²) in [5.41, 5.74) is 2.20. The van der Waals surface area contributed by atoms with Gasteiger partial charge in [0, 0.05) is 30.6 Å². The first-order valence-corrected chi connectivity index (χ1v) is 10.1. The van der Waals surface area contributed by atoms with Crippen molar-refractivity contribution in [2.75, 3.05) is 19.6 Å². The van der Waals surface area contributed by atoms with Crippen molar-refractivity contribution in [2.45, 2.75) is 38.4 Å². The van der Waals surface area contributed by atoms with Crippen molar-refractivity contribution >= 4 is 11.6 Å². The van der Waals surface area contributed by atoms with E-state index in [4.69, 9.17) is 11.6 Å². The molecule has 0 amide bonds. The van der Waals surface area contributed by atoms with Gasteiger partial charge in [0.25, 0.3) is 0 Å². The highest BCUT2D eigenvalue weighted by Gasteiger charge is 2.27. The highest BCUT2D eigenvalue weighted by Crippen LogP contribution is 2.29. The van der Waals surface area contributed by atoms with Gasteiger partial charge in [0.05, 0.1) is 12.2 Å². The van der Waals surface area contributed by atoms with Crippen molar-refractivity contribution in [3.63, 3.8) is 0 Å². The molecule has 8 nitrogen and oxygen atoms in total. The lowest BCUT2D eigenvalue weighted by Crippen LogP contribution is -2.35. The monoisotopic (exact) mass is 398 g/mol. The van der Waals surface area contributed by atoms with Crippen LogP contribution in [-0.4, -0.2) is 54.1 Å². The zero-order valence-corrected chi connectivity index (χ0v) is 16.4. The summed E-state index contributed by atoms with van der Waals surface area (Å²) in [6.45, 7) is 5.77. The van der Waals surface area contributed by atoms with Gasteiger partial charge >= 0.3 is 0 Å². The molecule has 0 spiro atoms. The fraction of sp³-hybridized carbons (Fsp3) is 0.474. The third kappa shape index (κ3) is 3.43. The molecule has 2 aliphatic heterocycles. The number of hydrogen-bond acceptors (Lipinski definition) is 6. The first-order valence-electron chi connectivity index (χ1n) is 9.76. The molecule has 0 unspecified atom stereocenters. The zero-order valence-electron chi connectivity index (χ0n) is 15.6. The van der Waals surface area contributed by atoms with Gasteiger partial charge < -0.3 is 9.88 Å². The van der Waals surface area contributed by atoms with E-state index in [1.807, 2.05) is 12.1 Å². The number of nitrogens with zero attached hydrogens (tertiary/aromatic N) is 7. The fourth-order valence-electron chi connectivity index (χ4n) is 4.22. The molecule has 28 heavy (non-hydrogen) atoms. The second kappa shape index (κ2) is 7.62. The molecule has 0 bridgehead atoms. The largest absolute Gasteiger partial charge is 0.312 e. The number of aromatic nitrogens is 6. The molecule has 0 saturated carbocycles. The highest BCUT2D eigenvalue weighted by molar-refractivity contribution is 6.30. The van der Waals surface area contributed by atoms with E-state index in [-0.39, 0.29) is 0 Å². The predicted octanol–water partition coefficient (Wildman–Crippen LogP) is 1.99. The van der Waals surface area contributed by atoms with Gasteiger partial charge in [-0.2, -0.15) is 5.10 Å². The van der Waals surface area contributed by atoms with E-state index in [9.17, 15) is 0 Å². The summed E-state index contributed by atoms with van der Waals surface area (Å²) in [6.07, 6.45) is 5.48. The van der Waals surface area contributed by atoms with E-state index in [1.54, 1.807) is 17.3 Å². The minimum absolute atomic E-state index is 0.496. The maximum absolute atomic E-state index is 6.22. The summed E-state index contributed by atoms with van der Waals surface area (Å²) in [5, 5.41) is 17.2. The molecule has 2 aliphatic rings. The predicted molar refractivity (Wildman–Crippen MR) is 105 cm³/mol. The summed E-state index contributed by atoms with van der Waals surface area (Å²) < 4.78 is 4.10.